The zero-order valence-electron chi connectivity index (χ0n) is 11.7. The highest BCUT2D eigenvalue weighted by Gasteiger charge is 2.16. The van der Waals surface area contributed by atoms with Crippen molar-refractivity contribution >= 4 is 17.0 Å². The van der Waals surface area contributed by atoms with E-state index in [-0.39, 0.29) is 5.54 Å². The number of ether oxygens (including phenoxy) is 1. The third kappa shape index (κ3) is 3.44. The lowest BCUT2D eigenvalue weighted by molar-refractivity contribution is 0.191. The number of carbonyl (C=O) groups is 1. The quantitative estimate of drug-likeness (QED) is 0.852. The Labute approximate surface area is 112 Å². The van der Waals surface area contributed by atoms with Crippen molar-refractivity contribution in [3.63, 3.8) is 0 Å². The normalized spacial score (nSPS) is 11.4. The van der Waals surface area contributed by atoms with Gasteiger partial charge in [0.05, 0.1) is 5.52 Å². The minimum atomic E-state index is -0.455. The molecule has 19 heavy (non-hydrogen) atoms. The third-order valence-electron chi connectivity index (χ3n) is 2.49. The number of para-hydroxylation sites is 1. The molecule has 0 unspecified atom stereocenters. The molecule has 1 N–H and O–H groups in total. The van der Waals surface area contributed by atoms with Crippen molar-refractivity contribution in [2.45, 2.75) is 33.2 Å². The molecule has 0 spiro atoms. The second kappa shape index (κ2) is 4.88. The molecule has 0 saturated carbocycles. The minimum absolute atomic E-state index is 0.324. The smallest absolute Gasteiger partial charge is 0.410 e. The van der Waals surface area contributed by atoms with E-state index in [2.05, 4.69) is 10.3 Å². The highest BCUT2D eigenvalue weighted by atomic mass is 16.6. The topological polar surface area (TPSA) is 51.2 Å². The molecule has 4 nitrogen and oxygen atoms in total. The maximum atomic E-state index is 11.8. The summed E-state index contributed by atoms with van der Waals surface area (Å²) in [6.07, 6.45) is -0.455. The van der Waals surface area contributed by atoms with E-state index in [0.29, 0.717) is 5.75 Å². The van der Waals surface area contributed by atoms with Gasteiger partial charge in [0, 0.05) is 22.7 Å². The molecule has 0 radical (unpaired) electrons. The second-order valence-electron chi connectivity index (χ2n) is 5.54. The van der Waals surface area contributed by atoms with Gasteiger partial charge in [0.1, 0.15) is 5.75 Å². The maximum Gasteiger partial charge on any atom is 0.413 e. The number of nitrogens with zero attached hydrogens (tertiary/aromatic N) is 1. The Bertz CT molecular complexity index is 615. The van der Waals surface area contributed by atoms with Gasteiger partial charge in [0.25, 0.3) is 0 Å². The first kappa shape index (κ1) is 13.3. The Morgan fingerprint density at radius 2 is 1.95 bits per heavy atom. The first-order valence-corrected chi connectivity index (χ1v) is 6.21. The number of pyridine rings is 1. The molecule has 0 saturated heterocycles. The Kier molecular flexibility index (Phi) is 3.42. The molecule has 4 heteroatoms. The molecule has 0 bridgehead atoms. The molecule has 100 valence electrons. The maximum absolute atomic E-state index is 11.8. The number of hydrogen-bond acceptors (Lipinski definition) is 3. The van der Waals surface area contributed by atoms with Gasteiger partial charge >= 0.3 is 6.09 Å². The van der Waals surface area contributed by atoms with Gasteiger partial charge in [-0.25, -0.2) is 4.79 Å². The summed E-state index contributed by atoms with van der Waals surface area (Å²) >= 11 is 0. The number of nitrogens with one attached hydrogen (secondary N) is 1. The van der Waals surface area contributed by atoms with Crippen molar-refractivity contribution in [2.24, 2.45) is 0 Å². The summed E-state index contributed by atoms with van der Waals surface area (Å²) in [5.74, 6) is 0.532. The van der Waals surface area contributed by atoms with Crippen LogP contribution in [0.4, 0.5) is 4.79 Å². The summed E-state index contributed by atoms with van der Waals surface area (Å²) in [5, 5.41) is 3.60. The van der Waals surface area contributed by atoms with E-state index in [0.717, 1.165) is 16.6 Å². The summed E-state index contributed by atoms with van der Waals surface area (Å²) < 4.78 is 5.39. The predicted molar refractivity (Wildman–Crippen MR) is 75.4 cm³/mol. The molecule has 0 aliphatic heterocycles. The SMILES string of the molecule is Cc1cc(OC(=O)NC(C)(C)C)c2ccccc2n1. The van der Waals surface area contributed by atoms with Crippen LogP contribution in [0.25, 0.3) is 10.9 Å². The van der Waals surface area contributed by atoms with Crippen LogP contribution in [0.2, 0.25) is 0 Å². The van der Waals surface area contributed by atoms with Crippen molar-refractivity contribution in [2.75, 3.05) is 0 Å². The molecular formula is C15H18N2O2. The van der Waals surface area contributed by atoms with Gasteiger partial charge in [-0.15, -0.1) is 0 Å². The molecule has 2 rings (SSSR count). The molecule has 0 atom stereocenters. The fourth-order valence-corrected chi connectivity index (χ4v) is 1.79. The van der Waals surface area contributed by atoms with Crippen molar-refractivity contribution in [3.05, 3.63) is 36.0 Å². The van der Waals surface area contributed by atoms with E-state index in [1.165, 1.54) is 0 Å². The van der Waals surface area contributed by atoms with Gasteiger partial charge < -0.3 is 10.1 Å². The van der Waals surface area contributed by atoms with Gasteiger partial charge in [0.2, 0.25) is 0 Å². The average Bonchev–Trinajstić information content (AvgIpc) is 2.25. The molecular weight excluding hydrogens is 240 g/mol. The Morgan fingerprint density at radius 3 is 2.63 bits per heavy atom. The van der Waals surface area contributed by atoms with Gasteiger partial charge in [-0.1, -0.05) is 12.1 Å². The van der Waals surface area contributed by atoms with Crippen LogP contribution in [0, 0.1) is 6.92 Å². The molecule has 2 aromatic rings. The number of amides is 1. The first-order valence-electron chi connectivity index (χ1n) is 6.21. The lowest BCUT2D eigenvalue weighted by Gasteiger charge is -2.20. The number of fused-ring (bicyclic) bond motifs is 1. The van der Waals surface area contributed by atoms with Crippen LogP contribution in [-0.4, -0.2) is 16.6 Å². The van der Waals surface area contributed by atoms with E-state index in [4.69, 9.17) is 4.74 Å². The van der Waals surface area contributed by atoms with Gasteiger partial charge in [-0.05, 0) is 39.8 Å². The molecule has 0 fully saturated rings. The van der Waals surface area contributed by atoms with Crippen molar-refractivity contribution in [1.29, 1.82) is 0 Å². The fourth-order valence-electron chi connectivity index (χ4n) is 1.79. The lowest BCUT2D eigenvalue weighted by Crippen LogP contribution is -2.42. The van der Waals surface area contributed by atoms with E-state index in [1.54, 1.807) is 6.07 Å². The summed E-state index contributed by atoms with van der Waals surface area (Å²) in [6, 6.07) is 9.37. The van der Waals surface area contributed by atoms with Crippen molar-refractivity contribution < 1.29 is 9.53 Å². The second-order valence-corrected chi connectivity index (χ2v) is 5.54. The highest BCUT2D eigenvalue weighted by Crippen LogP contribution is 2.25. The number of hydrogen-bond donors (Lipinski definition) is 1. The van der Waals surface area contributed by atoms with E-state index >= 15 is 0 Å². The number of aromatic nitrogens is 1. The van der Waals surface area contributed by atoms with Gasteiger partial charge in [0.15, 0.2) is 0 Å². The lowest BCUT2D eigenvalue weighted by atomic mass is 10.1. The predicted octanol–water partition coefficient (Wildman–Crippen LogP) is 3.43. The van der Waals surface area contributed by atoms with Crippen LogP contribution in [0.15, 0.2) is 30.3 Å². The zero-order valence-corrected chi connectivity index (χ0v) is 11.7. The van der Waals surface area contributed by atoms with Gasteiger partial charge in [-0.3, -0.25) is 4.98 Å². The molecule has 1 aromatic heterocycles. The first-order chi connectivity index (χ1) is 8.85. The summed E-state index contributed by atoms with van der Waals surface area (Å²) in [7, 11) is 0. The Hall–Kier alpha value is -2.10. The minimum Gasteiger partial charge on any atom is -0.410 e. The largest absolute Gasteiger partial charge is 0.413 e. The van der Waals surface area contributed by atoms with E-state index in [9.17, 15) is 4.79 Å². The van der Waals surface area contributed by atoms with Crippen LogP contribution in [0.1, 0.15) is 26.5 Å². The molecule has 0 aliphatic rings. The van der Waals surface area contributed by atoms with Crippen LogP contribution in [-0.2, 0) is 0 Å². The summed E-state index contributed by atoms with van der Waals surface area (Å²) in [4.78, 5) is 16.2. The summed E-state index contributed by atoms with van der Waals surface area (Å²) in [6.45, 7) is 7.60. The van der Waals surface area contributed by atoms with Crippen LogP contribution in [0.3, 0.4) is 0 Å². The monoisotopic (exact) mass is 258 g/mol. The van der Waals surface area contributed by atoms with Crippen LogP contribution >= 0.6 is 0 Å². The van der Waals surface area contributed by atoms with Gasteiger partial charge in [-0.2, -0.15) is 0 Å². The zero-order chi connectivity index (χ0) is 14.0. The Morgan fingerprint density at radius 1 is 1.26 bits per heavy atom. The number of rotatable bonds is 1. The fraction of sp³-hybridized carbons (Fsp3) is 0.333. The number of aryl methyl sites for hydroxylation is 1. The van der Waals surface area contributed by atoms with Crippen LogP contribution < -0.4 is 10.1 Å². The number of carbonyl (C=O) groups excluding carboxylic acids is 1. The average molecular weight is 258 g/mol. The molecule has 0 aliphatic carbocycles. The van der Waals surface area contributed by atoms with E-state index < -0.39 is 6.09 Å². The molecule has 1 heterocycles. The van der Waals surface area contributed by atoms with Crippen LogP contribution in [0.5, 0.6) is 5.75 Å². The standard InChI is InChI=1S/C15H18N2O2/c1-10-9-13(19-14(18)17-15(2,3)4)11-7-5-6-8-12(11)16-10/h5-9H,1-4H3,(H,17,18). The molecule has 1 aromatic carbocycles. The molecule has 1 amide bonds. The highest BCUT2D eigenvalue weighted by molar-refractivity contribution is 5.87. The van der Waals surface area contributed by atoms with Crippen molar-refractivity contribution in [1.82, 2.24) is 10.3 Å². The summed E-state index contributed by atoms with van der Waals surface area (Å²) in [5.41, 5.74) is 1.31. The number of benzene rings is 1. The third-order valence-corrected chi connectivity index (χ3v) is 2.49. The van der Waals surface area contributed by atoms with E-state index in [1.807, 2.05) is 52.0 Å². The van der Waals surface area contributed by atoms with Crippen molar-refractivity contribution in [3.8, 4) is 5.75 Å². The Balaban J connectivity index is 2.32.